The van der Waals surface area contributed by atoms with Crippen LogP contribution in [-0.4, -0.2) is 10.1 Å². The topological polar surface area (TPSA) is 59.1 Å². The zero-order valence-corrected chi connectivity index (χ0v) is 9.48. The molecule has 3 N–H and O–H groups in total. The molecular weight excluding hydrogens is 238 g/mol. The number of hydrogen-bond acceptors (Lipinski definition) is 3. The second-order valence-electron chi connectivity index (χ2n) is 3.98. The molecule has 1 aromatic heterocycles. The van der Waals surface area contributed by atoms with Gasteiger partial charge in [-0.25, -0.2) is 13.8 Å². The molecule has 18 heavy (non-hydrogen) atoms. The minimum atomic E-state index is -0.945. The second-order valence-corrected chi connectivity index (χ2v) is 3.98. The number of halogens is 2. The lowest BCUT2D eigenvalue weighted by atomic mass is 10.0. The molecule has 1 aromatic carbocycles. The number of aromatic nitrogens is 1. The summed E-state index contributed by atoms with van der Waals surface area (Å²) in [5.74, 6) is -1.13. The van der Waals surface area contributed by atoms with E-state index in [2.05, 4.69) is 4.98 Å². The van der Waals surface area contributed by atoms with E-state index >= 15 is 0 Å². The Labute approximate surface area is 103 Å². The number of pyridine rings is 1. The molecule has 0 aliphatic carbocycles. The predicted octanol–water partition coefficient (Wildman–Crippen LogP) is 2.22. The Morgan fingerprint density at radius 3 is 2.50 bits per heavy atom. The maximum absolute atomic E-state index is 13.0. The molecule has 2 aromatic rings. The third-order valence-electron chi connectivity index (χ3n) is 2.58. The summed E-state index contributed by atoms with van der Waals surface area (Å²) in [6, 6.07) is 6.41. The van der Waals surface area contributed by atoms with Crippen molar-refractivity contribution in [3.05, 3.63) is 59.3 Å². The molecule has 1 unspecified atom stereocenters. The van der Waals surface area contributed by atoms with Gasteiger partial charge < -0.3 is 10.8 Å². The molecule has 0 aliphatic heterocycles. The van der Waals surface area contributed by atoms with Crippen LogP contribution in [0, 0.1) is 11.6 Å². The summed E-state index contributed by atoms with van der Waals surface area (Å²) in [6.07, 6.45) is 0.637. The second kappa shape index (κ2) is 5.10. The normalized spacial score (nSPS) is 12.4. The number of aliphatic hydroxyl groups excluding tert-OH is 1. The fourth-order valence-electron chi connectivity index (χ4n) is 1.77. The SMILES string of the molecule is Nc1ncccc1C(O)Cc1cc(F)cc(F)c1. The van der Waals surface area contributed by atoms with Gasteiger partial charge >= 0.3 is 0 Å². The zero-order chi connectivity index (χ0) is 13.1. The van der Waals surface area contributed by atoms with E-state index in [1.165, 1.54) is 18.3 Å². The van der Waals surface area contributed by atoms with Crippen LogP contribution in [0.25, 0.3) is 0 Å². The summed E-state index contributed by atoms with van der Waals surface area (Å²) in [5, 5.41) is 9.97. The van der Waals surface area contributed by atoms with Crippen LogP contribution in [0.15, 0.2) is 36.5 Å². The molecular formula is C13H12F2N2O. The lowest BCUT2D eigenvalue weighted by Crippen LogP contribution is -2.07. The molecule has 0 amide bonds. The zero-order valence-electron chi connectivity index (χ0n) is 9.48. The van der Waals surface area contributed by atoms with Crippen molar-refractivity contribution < 1.29 is 13.9 Å². The van der Waals surface area contributed by atoms with Gasteiger partial charge in [-0.05, 0) is 23.8 Å². The number of rotatable bonds is 3. The van der Waals surface area contributed by atoms with E-state index in [4.69, 9.17) is 5.73 Å². The summed E-state index contributed by atoms with van der Waals surface area (Å²) in [5.41, 5.74) is 6.43. The summed E-state index contributed by atoms with van der Waals surface area (Å²) in [7, 11) is 0. The van der Waals surface area contributed by atoms with Crippen molar-refractivity contribution in [2.75, 3.05) is 5.73 Å². The number of benzene rings is 1. The standard InChI is InChI=1S/C13H12F2N2O/c14-9-4-8(5-10(15)7-9)6-12(18)11-2-1-3-17-13(11)16/h1-5,7,12,18H,6H2,(H2,16,17). The molecule has 94 valence electrons. The van der Waals surface area contributed by atoms with Crippen molar-refractivity contribution in [2.45, 2.75) is 12.5 Å². The molecule has 3 nitrogen and oxygen atoms in total. The lowest BCUT2D eigenvalue weighted by molar-refractivity contribution is 0.178. The van der Waals surface area contributed by atoms with E-state index in [-0.39, 0.29) is 12.2 Å². The van der Waals surface area contributed by atoms with Crippen molar-refractivity contribution in [3.63, 3.8) is 0 Å². The Morgan fingerprint density at radius 1 is 1.22 bits per heavy atom. The van der Waals surface area contributed by atoms with Gasteiger partial charge in [0.2, 0.25) is 0 Å². The van der Waals surface area contributed by atoms with E-state index < -0.39 is 17.7 Å². The van der Waals surface area contributed by atoms with Crippen LogP contribution in [0.2, 0.25) is 0 Å². The number of nitrogens with two attached hydrogens (primary N) is 1. The first kappa shape index (κ1) is 12.4. The first-order chi connectivity index (χ1) is 8.56. The maximum atomic E-state index is 13.0. The molecule has 1 heterocycles. The fourth-order valence-corrected chi connectivity index (χ4v) is 1.77. The fraction of sp³-hybridized carbons (Fsp3) is 0.154. The van der Waals surface area contributed by atoms with Gasteiger partial charge in [0.1, 0.15) is 17.5 Å². The number of anilines is 1. The smallest absolute Gasteiger partial charge is 0.129 e. The molecule has 1 atom stereocenters. The number of nitrogen functional groups attached to an aromatic ring is 1. The number of nitrogens with zero attached hydrogens (tertiary/aromatic N) is 1. The van der Waals surface area contributed by atoms with Gasteiger partial charge in [0.15, 0.2) is 0 Å². The van der Waals surface area contributed by atoms with Crippen molar-refractivity contribution in [3.8, 4) is 0 Å². The van der Waals surface area contributed by atoms with Gasteiger partial charge in [0.05, 0.1) is 6.10 Å². The van der Waals surface area contributed by atoms with Crippen LogP contribution in [0.4, 0.5) is 14.6 Å². The van der Waals surface area contributed by atoms with E-state index in [9.17, 15) is 13.9 Å². The van der Waals surface area contributed by atoms with E-state index in [0.717, 1.165) is 6.07 Å². The summed E-state index contributed by atoms with van der Waals surface area (Å²) >= 11 is 0. The Hall–Kier alpha value is -2.01. The highest BCUT2D eigenvalue weighted by atomic mass is 19.1. The molecule has 0 bridgehead atoms. The molecule has 0 saturated carbocycles. The van der Waals surface area contributed by atoms with Gasteiger partial charge in [0, 0.05) is 24.2 Å². The summed E-state index contributed by atoms with van der Waals surface area (Å²) in [4.78, 5) is 3.85. The van der Waals surface area contributed by atoms with Crippen LogP contribution in [0.1, 0.15) is 17.2 Å². The van der Waals surface area contributed by atoms with Crippen LogP contribution in [0.5, 0.6) is 0 Å². The Balaban J connectivity index is 2.21. The van der Waals surface area contributed by atoms with E-state index in [1.807, 2.05) is 0 Å². The van der Waals surface area contributed by atoms with Crippen LogP contribution >= 0.6 is 0 Å². The highest BCUT2D eigenvalue weighted by molar-refractivity contribution is 5.40. The van der Waals surface area contributed by atoms with Gasteiger partial charge in [-0.2, -0.15) is 0 Å². The Bertz CT molecular complexity index is 540. The van der Waals surface area contributed by atoms with Gasteiger partial charge in [-0.3, -0.25) is 0 Å². The molecule has 0 radical (unpaired) electrons. The van der Waals surface area contributed by atoms with Crippen molar-refractivity contribution in [1.29, 1.82) is 0 Å². The van der Waals surface area contributed by atoms with Crippen molar-refractivity contribution >= 4 is 5.82 Å². The molecule has 2 rings (SSSR count). The van der Waals surface area contributed by atoms with Gasteiger partial charge in [-0.1, -0.05) is 6.07 Å². The minimum absolute atomic E-state index is 0.0740. The highest BCUT2D eigenvalue weighted by Gasteiger charge is 2.13. The van der Waals surface area contributed by atoms with Gasteiger partial charge in [0.25, 0.3) is 0 Å². The number of aliphatic hydroxyl groups is 1. The van der Waals surface area contributed by atoms with Crippen molar-refractivity contribution in [2.24, 2.45) is 0 Å². The van der Waals surface area contributed by atoms with Crippen LogP contribution < -0.4 is 5.73 Å². The predicted molar refractivity (Wildman–Crippen MR) is 63.7 cm³/mol. The average Bonchev–Trinajstić information content (AvgIpc) is 2.27. The maximum Gasteiger partial charge on any atom is 0.129 e. The molecule has 0 aliphatic rings. The first-order valence-corrected chi connectivity index (χ1v) is 5.39. The largest absolute Gasteiger partial charge is 0.388 e. The molecule has 5 heteroatoms. The number of hydrogen-bond donors (Lipinski definition) is 2. The van der Waals surface area contributed by atoms with Crippen molar-refractivity contribution in [1.82, 2.24) is 4.98 Å². The van der Waals surface area contributed by atoms with Crippen LogP contribution in [-0.2, 0) is 6.42 Å². The summed E-state index contributed by atoms with van der Waals surface area (Å²) < 4.78 is 26.0. The third-order valence-corrected chi connectivity index (χ3v) is 2.58. The quantitative estimate of drug-likeness (QED) is 0.878. The molecule has 0 saturated heterocycles. The summed E-state index contributed by atoms with van der Waals surface area (Å²) in [6.45, 7) is 0. The molecule has 0 fully saturated rings. The first-order valence-electron chi connectivity index (χ1n) is 5.39. The van der Waals surface area contributed by atoms with E-state index in [0.29, 0.717) is 11.1 Å². The third kappa shape index (κ3) is 2.81. The molecule has 0 spiro atoms. The van der Waals surface area contributed by atoms with Gasteiger partial charge in [-0.15, -0.1) is 0 Å². The Morgan fingerprint density at radius 2 is 1.89 bits per heavy atom. The Kier molecular flexibility index (Phi) is 3.53. The lowest BCUT2D eigenvalue weighted by Gasteiger charge is -2.12. The average molecular weight is 250 g/mol. The highest BCUT2D eigenvalue weighted by Crippen LogP contribution is 2.22. The monoisotopic (exact) mass is 250 g/mol. The van der Waals surface area contributed by atoms with Crippen LogP contribution in [0.3, 0.4) is 0 Å². The minimum Gasteiger partial charge on any atom is -0.388 e. The van der Waals surface area contributed by atoms with E-state index in [1.54, 1.807) is 12.1 Å².